The lowest BCUT2D eigenvalue weighted by molar-refractivity contribution is 0.483. The average Bonchev–Trinajstić information content (AvgIpc) is 2.54. The van der Waals surface area contributed by atoms with Crippen LogP contribution in [0.4, 0.5) is 5.69 Å². The second kappa shape index (κ2) is 6.84. The maximum atomic E-state index is 11.8. The topological polar surface area (TPSA) is 81.2 Å². The molecule has 0 aliphatic heterocycles. The molecule has 0 saturated carbocycles. The van der Waals surface area contributed by atoms with Crippen molar-refractivity contribution in [3.05, 3.63) is 54.9 Å². The number of nitrogens with one attached hydrogen (secondary N) is 1. The summed E-state index contributed by atoms with van der Waals surface area (Å²) in [6, 6.07) is 12.2. The summed E-state index contributed by atoms with van der Waals surface area (Å²) in [6.07, 6.45) is 3.81. The van der Waals surface area contributed by atoms with Crippen molar-refractivity contribution in [3.63, 3.8) is 0 Å². The molecule has 2 aromatic carbocycles. The van der Waals surface area contributed by atoms with Crippen LogP contribution < -0.4 is 9.46 Å². The van der Waals surface area contributed by atoms with Crippen molar-refractivity contribution in [2.45, 2.75) is 13.3 Å². The number of sulfonamides is 1. The predicted octanol–water partition coefficient (Wildman–Crippen LogP) is 3.57. The molecular formula is C17H17N3O3S. The molecule has 0 atom stereocenters. The summed E-state index contributed by atoms with van der Waals surface area (Å²) in [5, 5.41) is 0. The summed E-state index contributed by atoms with van der Waals surface area (Å²) in [4.78, 5) is 8.44. The molecule has 1 heterocycles. The molecule has 6 nitrogen and oxygen atoms in total. The van der Waals surface area contributed by atoms with Gasteiger partial charge in [0, 0.05) is 24.5 Å². The summed E-state index contributed by atoms with van der Waals surface area (Å²) in [6.45, 7) is 1.82. The maximum Gasteiger partial charge on any atom is 0.232 e. The molecule has 1 aromatic heterocycles. The number of fused-ring (bicyclic) bond motifs is 1. The van der Waals surface area contributed by atoms with Gasteiger partial charge in [-0.3, -0.25) is 14.7 Å². The Kier molecular flexibility index (Phi) is 4.61. The van der Waals surface area contributed by atoms with Gasteiger partial charge in [0.2, 0.25) is 10.0 Å². The van der Waals surface area contributed by atoms with Crippen LogP contribution in [0.3, 0.4) is 0 Å². The molecule has 0 aliphatic carbocycles. The zero-order chi connectivity index (χ0) is 17.0. The fourth-order valence-electron chi connectivity index (χ4n) is 2.27. The van der Waals surface area contributed by atoms with Crippen molar-refractivity contribution < 1.29 is 13.2 Å². The minimum absolute atomic E-state index is 0.0848. The number of ether oxygens (including phenoxy) is 1. The van der Waals surface area contributed by atoms with Gasteiger partial charge in [0.1, 0.15) is 11.5 Å². The third-order valence-electron chi connectivity index (χ3n) is 3.26. The Morgan fingerprint density at radius 2 is 1.75 bits per heavy atom. The molecular weight excluding hydrogens is 326 g/mol. The molecule has 7 heteroatoms. The van der Waals surface area contributed by atoms with Gasteiger partial charge in [-0.25, -0.2) is 8.42 Å². The molecule has 0 unspecified atom stereocenters. The normalized spacial score (nSPS) is 11.4. The van der Waals surface area contributed by atoms with Gasteiger partial charge < -0.3 is 4.74 Å². The van der Waals surface area contributed by atoms with Crippen LogP contribution in [-0.2, 0) is 10.0 Å². The van der Waals surface area contributed by atoms with Crippen LogP contribution in [0.1, 0.15) is 13.3 Å². The summed E-state index contributed by atoms with van der Waals surface area (Å²) >= 11 is 0. The van der Waals surface area contributed by atoms with E-state index in [0.717, 1.165) is 11.0 Å². The van der Waals surface area contributed by atoms with E-state index in [-0.39, 0.29) is 5.75 Å². The van der Waals surface area contributed by atoms with E-state index in [9.17, 15) is 8.42 Å². The Balaban J connectivity index is 1.80. The average molecular weight is 343 g/mol. The van der Waals surface area contributed by atoms with Crippen LogP contribution in [0.25, 0.3) is 11.0 Å². The fourth-order valence-corrected chi connectivity index (χ4v) is 3.39. The lowest BCUT2D eigenvalue weighted by Crippen LogP contribution is -2.15. The molecule has 0 aliphatic rings. The molecule has 24 heavy (non-hydrogen) atoms. The first kappa shape index (κ1) is 16.2. The Labute approximate surface area is 140 Å². The summed E-state index contributed by atoms with van der Waals surface area (Å²) in [5.41, 5.74) is 1.99. The first-order valence-electron chi connectivity index (χ1n) is 7.55. The molecule has 0 fully saturated rings. The van der Waals surface area contributed by atoms with E-state index in [1.807, 2.05) is 13.0 Å². The van der Waals surface area contributed by atoms with Crippen molar-refractivity contribution in [1.82, 2.24) is 9.97 Å². The van der Waals surface area contributed by atoms with Crippen LogP contribution in [0, 0.1) is 0 Å². The Hall–Kier alpha value is -2.67. The van der Waals surface area contributed by atoms with E-state index in [2.05, 4.69) is 14.7 Å². The van der Waals surface area contributed by atoms with Crippen LogP contribution in [-0.4, -0.2) is 24.1 Å². The number of nitrogens with zero attached hydrogens (tertiary/aromatic N) is 2. The lowest BCUT2D eigenvalue weighted by Gasteiger charge is -2.10. The maximum absolute atomic E-state index is 11.8. The monoisotopic (exact) mass is 343 g/mol. The van der Waals surface area contributed by atoms with E-state index in [0.29, 0.717) is 23.6 Å². The number of hydrogen-bond acceptors (Lipinski definition) is 5. The second-order valence-electron chi connectivity index (χ2n) is 5.26. The first-order valence-corrected chi connectivity index (χ1v) is 9.20. The Morgan fingerprint density at radius 3 is 2.54 bits per heavy atom. The SMILES string of the molecule is CCCS(=O)(=O)Nc1cccc(Oc2ccc3nccnc3c2)c1. The van der Waals surface area contributed by atoms with Crippen molar-refractivity contribution in [3.8, 4) is 11.5 Å². The minimum Gasteiger partial charge on any atom is -0.457 e. The van der Waals surface area contributed by atoms with Gasteiger partial charge in [0.15, 0.2) is 0 Å². The van der Waals surface area contributed by atoms with Gasteiger partial charge in [-0.2, -0.15) is 0 Å². The fraction of sp³-hybridized carbons (Fsp3) is 0.176. The lowest BCUT2D eigenvalue weighted by atomic mass is 10.2. The van der Waals surface area contributed by atoms with Gasteiger partial charge in [-0.15, -0.1) is 0 Å². The standard InChI is InChI=1S/C17H17N3O3S/c1-2-10-24(21,22)20-13-4-3-5-14(11-13)23-15-6-7-16-17(12-15)19-9-8-18-16/h3-9,11-12,20H,2,10H2,1H3. The second-order valence-corrected chi connectivity index (χ2v) is 7.10. The summed E-state index contributed by atoms with van der Waals surface area (Å²) in [5.74, 6) is 1.23. The minimum atomic E-state index is -3.33. The zero-order valence-electron chi connectivity index (χ0n) is 13.1. The molecule has 0 radical (unpaired) electrons. The molecule has 3 aromatic rings. The van der Waals surface area contributed by atoms with Crippen molar-refractivity contribution in [2.75, 3.05) is 10.5 Å². The summed E-state index contributed by atoms with van der Waals surface area (Å²) in [7, 11) is -3.33. The largest absolute Gasteiger partial charge is 0.457 e. The first-order chi connectivity index (χ1) is 11.6. The van der Waals surface area contributed by atoms with E-state index in [4.69, 9.17) is 4.74 Å². The van der Waals surface area contributed by atoms with Crippen molar-refractivity contribution in [2.24, 2.45) is 0 Å². The van der Waals surface area contributed by atoms with Gasteiger partial charge in [0.25, 0.3) is 0 Å². The van der Waals surface area contributed by atoms with E-state index in [1.54, 1.807) is 48.8 Å². The number of benzene rings is 2. The zero-order valence-corrected chi connectivity index (χ0v) is 14.0. The van der Waals surface area contributed by atoms with E-state index < -0.39 is 10.0 Å². The third kappa shape index (κ3) is 3.99. The Bertz CT molecular complexity index is 958. The smallest absolute Gasteiger partial charge is 0.232 e. The van der Waals surface area contributed by atoms with Crippen LogP contribution in [0.5, 0.6) is 11.5 Å². The third-order valence-corrected chi connectivity index (χ3v) is 4.75. The quantitative estimate of drug-likeness (QED) is 0.740. The highest BCUT2D eigenvalue weighted by Crippen LogP contribution is 2.26. The predicted molar refractivity (Wildman–Crippen MR) is 93.8 cm³/mol. The van der Waals surface area contributed by atoms with E-state index in [1.165, 1.54) is 0 Å². The van der Waals surface area contributed by atoms with Gasteiger partial charge in [0.05, 0.1) is 22.5 Å². The van der Waals surface area contributed by atoms with Gasteiger partial charge in [-0.05, 0) is 30.7 Å². The Morgan fingerprint density at radius 1 is 1.00 bits per heavy atom. The van der Waals surface area contributed by atoms with E-state index >= 15 is 0 Å². The molecule has 1 N–H and O–H groups in total. The number of rotatable bonds is 6. The molecule has 0 bridgehead atoms. The van der Waals surface area contributed by atoms with Gasteiger partial charge >= 0.3 is 0 Å². The highest BCUT2D eigenvalue weighted by molar-refractivity contribution is 7.92. The molecule has 124 valence electrons. The molecule has 0 spiro atoms. The number of anilines is 1. The van der Waals surface area contributed by atoms with Crippen molar-refractivity contribution in [1.29, 1.82) is 0 Å². The van der Waals surface area contributed by atoms with Gasteiger partial charge in [-0.1, -0.05) is 13.0 Å². The van der Waals surface area contributed by atoms with Crippen LogP contribution >= 0.6 is 0 Å². The highest BCUT2D eigenvalue weighted by atomic mass is 32.2. The number of aromatic nitrogens is 2. The summed E-state index contributed by atoms with van der Waals surface area (Å²) < 4.78 is 32.0. The molecule has 0 amide bonds. The van der Waals surface area contributed by atoms with Crippen molar-refractivity contribution >= 4 is 26.7 Å². The van der Waals surface area contributed by atoms with Crippen LogP contribution in [0.15, 0.2) is 54.9 Å². The molecule has 3 rings (SSSR count). The molecule has 0 saturated heterocycles. The highest BCUT2D eigenvalue weighted by Gasteiger charge is 2.09. The van der Waals surface area contributed by atoms with Crippen LogP contribution in [0.2, 0.25) is 0 Å². The number of hydrogen-bond donors (Lipinski definition) is 1.